The molecule has 1 fully saturated rings. The molecule has 26 heavy (non-hydrogen) atoms. The van der Waals surface area contributed by atoms with E-state index in [9.17, 15) is 14.4 Å². The molecular weight excluding hydrogens is 517 g/mol. The molecule has 0 spiro atoms. The number of imide groups is 1. The minimum atomic E-state index is -0.651. The van der Waals surface area contributed by atoms with Crippen LogP contribution in [0.5, 0.6) is 0 Å². The number of furan rings is 1. The number of benzene rings is 1. The predicted molar refractivity (Wildman–Crippen MR) is 107 cm³/mol. The molecular formula is C17H13BrIN3O4. The van der Waals surface area contributed by atoms with Crippen molar-refractivity contribution in [3.8, 4) is 0 Å². The van der Waals surface area contributed by atoms with Crippen molar-refractivity contribution in [2.45, 2.75) is 6.92 Å². The highest BCUT2D eigenvalue weighted by atomic mass is 127. The van der Waals surface area contributed by atoms with Crippen LogP contribution in [-0.4, -0.2) is 29.3 Å². The fourth-order valence-corrected chi connectivity index (χ4v) is 3.05. The Morgan fingerprint density at radius 2 is 2.12 bits per heavy atom. The van der Waals surface area contributed by atoms with Crippen molar-refractivity contribution in [3.63, 3.8) is 0 Å². The van der Waals surface area contributed by atoms with Gasteiger partial charge in [-0.15, -0.1) is 0 Å². The van der Waals surface area contributed by atoms with Crippen molar-refractivity contribution < 1.29 is 18.8 Å². The molecule has 2 N–H and O–H groups in total. The van der Waals surface area contributed by atoms with Gasteiger partial charge in [0.1, 0.15) is 18.0 Å². The second-order valence-electron chi connectivity index (χ2n) is 5.51. The van der Waals surface area contributed by atoms with Crippen LogP contribution in [0.2, 0.25) is 0 Å². The fourth-order valence-electron chi connectivity index (χ4n) is 2.34. The lowest BCUT2D eigenvalue weighted by Gasteiger charge is -2.13. The highest BCUT2D eigenvalue weighted by Crippen LogP contribution is 2.25. The third kappa shape index (κ3) is 3.98. The number of nitrogens with one attached hydrogen (secondary N) is 2. The van der Waals surface area contributed by atoms with Crippen molar-refractivity contribution in [1.29, 1.82) is 0 Å². The number of hydrogen-bond donors (Lipinski definition) is 2. The maximum atomic E-state index is 12.4. The number of anilines is 1. The maximum absolute atomic E-state index is 12.4. The first-order chi connectivity index (χ1) is 12.3. The first-order valence-corrected chi connectivity index (χ1v) is 9.37. The lowest BCUT2D eigenvalue weighted by molar-refractivity contribution is -0.127. The molecule has 134 valence electrons. The molecule has 1 aromatic heterocycles. The van der Waals surface area contributed by atoms with Crippen molar-refractivity contribution in [3.05, 3.63) is 55.6 Å². The number of hydrogen-bond acceptors (Lipinski definition) is 4. The monoisotopic (exact) mass is 529 g/mol. The summed E-state index contributed by atoms with van der Waals surface area (Å²) in [6.07, 6.45) is 1.42. The number of para-hydroxylation sites is 1. The number of amides is 4. The van der Waals surface area contributed by atoms with Crippen LogP contribution in [0.4, 0.5) is 10.5 Å². The van der Waals surface area contributed by atoms with E-state index in [0.717, 1.165) is 14.9 Å². The second kappa shape index (κ2) is 7.62. The highest BCUT2D eigenvalue weighted by Gasteiger charge is 2.35. The van der Waals surface area contributed by atoms with Gasteiger partial charge >= 0.3 is 6.03 Å². The normalized spacial score (nSPS) is 15.5. The van der Waals surface area contributed by atoms with Crippen LogP contribution >= 0.6 is 38.5 Å². The zero-order chi connectivity index (χ0) is 18.8. The topological polar surface area (TPSA) is 91.7 Å². The Morgan fingerprint density at radius 1 is 1.38 bits per heavy atom. The molecule has 7 nitrogen and oxygen atoms in total. The van der Waals surface area contributed by atoms with Gasteiger partial charge in [0.05, 0.1) is 4.47 Å². The van der Waals surface area contributed by atoms with Crippen LogP contribution in [0.1, 0.15) is 11.3 Å². The Hall–Kier alpha value is -2.14. The summed E-state index contributed by atoms with van der Waals surface area (Å²) in [6.45, 7) is 1.47. The number of halogens is 2. The highest BCUT2D eigenvalue weighted by molar-refractivity contribution is 14.1. The predicted octanol–water partition coefficient (Wildman–Crippen LogP) is 3.49. The lowest BCUT2D eigenvalue weighted by Crippen LogP contribution is -2.38. The van der Waals surface area contributed by atoms with E-state index in [1.165, 1.54) is 6.08 Å². The summed E-state index contributed by atoms with van der Waals surface area (Å²) in [7, 11) is 0. The van der Waals surface area contributed by atoms with Crippen molar-refractivity contribution >= 4 is 68.1 Å². The molecule has 0 atom stereocenters. The maximum Gasteiger partial charge on any atom is 0.329 e. The van der Waals surface area contributed by atoms with E-state index in [1.54, 1.807) is 18.2 Å². The van der Waals surface area contributed by atoms with Gasteiger partial charge < -0.3 is 15.1 Å². The molecule has 4 amide bonds. The summed E-state index contributed by atoms with van der Waals surface area (Å²) in [6, 6.07) is 8.28. The van der Waals surface area contributed by atoms with Gasteiger partial charge in [-0.25, -0.2) is 9.69 Å². The average Bonchev–Trinajstić information content (AvgIpc) is 3.03. The minimum Gasteiger partial charge on any atom is -0.450 e. The minimum absolute atomic E-state index is 0.0522. The number of rotatable bonds is 4. The van der Waals surface area contributed by atoms with Gasteiger partial charge in [-0.2, -0.15) is 0 Å². The standard InChI is InChI=1S/C17H13BrIN3O4/c1-9-4-2-3-5-12(9)20-14(23)8-22-16(24)13(21-17(22)25)7-10-6-11(18)15(19)26-10/h2-7H,8H2,1H3,(H,20,23)(H,21,25)/b13-7-. The molecule has 2 aromatic rings. The third-order valence-electron chi connectivity index (χ3n) is 3.63. The smallest absolute Gasteiger partial charge is 0.329 e. The fraction of sp³-hybridized carbons (Fsp3) is 0.118. The van der Waals surface area contributed by atoms with Crippen LogP contribution in [0.15, 0.2) is 44.9 Å². The Morgan fingerprint density at radius 3 is 2.77 bits per heavy atom. The molecule has 3 rings (SSSR count). The van der Waals surface area contributed by atoms with E-state index in [1.807, 2.05) is 41.6 Å². The van der Waals surface area contributed by atoms with Crippen LogP contribution < -0.4 is 10.6 Å². The summed E-state index contributed by atoms with van der Waals surface area (Å²) < 4.78 is 6.80. The average molecular weight is 530 g/mol. The van der Waals surface area contributed by atoms with E-state index < -0.39 is 17.8 Å². The largest absolute Gasteiger partial charge is 0.450 e. The molecule has 1 aliphatic rings. The van der Waals surface area contributed by atoms with Gasteiger partial charge in [-0.1, -0.05) is 18.2 Å². The number of nitrogens with zero attached hydrogens (tertiary/aromatic N) is 1. The molecule has 0 unspecified atom stereocenters. The molecule has 0 bridgehead atoms. The zero-order valence-electron chi connectivity index (χ0n) is 13.5. The van der Waals surface area contributed by atoms with Crippen molar-refractivity contribution in [2.24, 2.45) is 0 Å². The zero-order valence-corrected chi connectivity index (χ0v) is 17.3. The molecule has 1 saturated heterocycles. The summed E-state index contributed by atoms with van der Waals surface area (Å²) in [5, 5.41) is 5.15. The van der Waals surface area contributed by atoms with E-state index in [-0.39, 0.29) is 12.2 Å². The molecule has 0 radical (unpaired) electrons. The summed E-state index contributed by atoms with van der Waals surface area (Å²) in [5.41, 5.74) is 1.57. The number of carbonyl (C=O) groups excluding carboxylic acids is 3. The third-order valence-corrected chi connectivity index (χ3v) is 5.77. The molecule has 0 saturated carbocycles. The number of carbonyl (C=O) groups is 3. The quantitative estimate of drug-likeness (QED) is 0.360. The van der Waals surface area contributed by atoms with Crippen LogP contribution in [0.3, 0.4) is 0 Å². The van der Waals surface area contributed by atoms with Crippen LogP contribution in [0, 0.1) is 10.7 Å². The van der Waals surface area contributed by atoms with Gasteiger partial charge in [0.25, 0.3) is 5.91 Å². The van der Waals surface area contributed by atoms with E-state index in [2.05, 4.69) is 26.6 Å². The van der Waals surface area contributed by atoms with Gasteiger partial charge in [0, 0.05) is 34.4 Å². The summed E-state index contributed by atoms with van der Waals surface area (Å²) in [5.74, 6) is -0.632. The molecule has 0 aliphatic carbocycles. The Labute approximate surface area is 171 Å². The molecule has 2 heterocycles. The Balaban J connectivity index is 1.71. The van der Waals surface area contributed by atoms with Gasteiger partial charge in [-0.05, 0) is 40.5 Å². The first-order valence-electron chi connectivity index (χ1n) is 7.50. The van der Waals surface area contributed by atoms with Crippen LogP contribution in [0.25, 0.3) is 6.08 Å². The Bertz CT molecular complexity index is 918. The van der Waals surface area contributed by atoms with E-state index in [4.69, 9.17) is 4.42 Å². The summed E-state index contributed by atoms with van der Waals surface area (Å²) >= 11 is 5.30. The summed E-state index contributed by atoms with van der Waals surface area (Å²) in [4.78, 5) is 37.5. The molecule has 1 aromatic carbocycles. The van der Waals surface area contributed by atoms with Gasteiger partial charge in [-0.3, -0.25) is 9.59 Å². The van der Waals surface area contributed by atoms with Crippen molar-refractivity contribution in [2.75, 3.05) is 11.9 Å². The second-order valence-corrected chi connectivity index (χ2v) is 7.35. The van der Waals surface area contributed by atoms with E-state index in [0.29, 0.717) is 15.2 Å². The molecule has 9 heteroatoms. The molecule has 1 aliphatic heterocycles. The van der Waals surface area contributed by atoms with Gasteiger partial charge in [0.15, 0.2) is 3.77 Å². The van der Waals surface area contributed by atoms with Crippen molar-refractivity contribution in [1.82, 2.24) is 10.2 Å². The van der Waals surface area contributed by atoms with Gasteiger partial charge in [0.2, 0.25) is 5.91 Å². The number of aryl methyl sites for hydroxylation is 1. The first kappa shape index (κ1) is 18.6. The van der Waals surface area contributed by atoms with Crippen LogP contribution in [-0.2, 0) is 9.59 Å². The van der Waals surface area contributed by atoms with E-state index >= 15 is 0 Å². The number of urea groups is 1. The lowest BCUT2D eigenvalue weighted by atomic mass is 10.2. The Kier molecular flexibility index (Phi) is 5.47. The SMILES string of the molecule is Cc1ccccc1NC(=O)CN1C(=O)N/C(=C\c2cc(Br)c(I)o2)C1=O.